The van der Waals surface area contributed by atoms with Crippen molar-refractivity contribution in [3.8, 4) is 5.75 Å². The molecular formula is C11H12O3. The summed E-state index contributed by atoms with van der Waals surface area (Å²) in [4.78, 5) is 10.8. The van der Waals surface area contributed by atoms with Crippen molar-refractivity contribution >= 4 is 12.0 Å². The highest BCUT2D eigenvalue weighted by Crippen LogP contribution is 2.18. The van der Waals surface area contributed by atoms with E-state index in [1.165, 1.54) is 13.2 Å². The third-order valence-corrected chi connectivity index (χ3v) is 1.85. The first kappa shape index (κ1) is 10.3. The van der Waals surface area contributed by atoms with Crippen molar-refractivity contribution in [3.63, 3.8) is 0 Å². The molecule has 14 heavy (non-hydrogen) atoms. The number of esters is 1. The standard InChI is InChI=1S/C11H12O3/c1-8-3-4-9(7-10(8)12)5-6-11(13)14-2/h3-7,12H,1-2H3/b6-5+. The molecule has 0 aliphatic rings. The molecular weight excluding hydrogens is 180 g/mol. The summed E-state index contributed by atoms with van der Waals surface area (Å²) < 4.78 is 4.44. The molecule has 1 aromatic rings. The van der Waals surface area contributed by atoms with Crippen LogP contribution in [0.3, 0.4) is 0 Å². The Balaban J connectivity index is 2.83. The number of aryl methyl sites for hydroxylation is 1. The van der Waals surface area contributed by atoms with E-state index in [0.717, 1.165) is 11.1 Å². The predicted octanol–water partition coefficient (Wildman–Crippen LogP) is 1.89. The number of rotatable bonds is 2. The van der Waals surface area contributed by atoms with Gasteiger partial charge in [0.25, 0.3) is 0 Å². The molecule has 0 amide bonds. The number of aromatic hydroxyl groups is 1. The van der Waals surface area contributed by atoms with E-state index in [2.05, 4.69) is 4.74 Å². The summed E-state index contributed by atoms with van der Waals surface area (Å²) in [6.45, 7) is 1.81. The summed E-state index contributed by atoms with van der Waals surface area (Å²) in [5.41, 5.74) is 1.57. The van der Waals surface area contributed by atoms with E-state index in [-0.39, 0.29) is 5.75 Å². The van der Waals surface area contributed by atoms with Crippen LogP contribution in [0.2, 0.25) is 0 Å². The van der Waals surface area contributed by atoms with Crippen molar-refractivity contribution < 1.29 is 14.6 Å². The van der Waals surface area contributed by atoms with Crippen LogP contribution in [0.5, 0.6) is 5.75 Å². The van der Waals surface area contributed by atoms with Crippen molar-refractivity contribution in [1.29, 1.82) is 0 Å². The molecule has 0 aliphatic heterocycles. The molecule has 0 heterocycles. The van der Waals surface area contributed by atoms with Gasteiger partial charge in [0.15, 0.2) is 0 Å². The summed E-state index contributed by atoms with van der Waals surface area (Å²) >= 11 is 0. The quantitative estimate of drug-likeness (QED) is 0.575. The van der Waals surface area contributed by atoms with Gasteiger partial charge in [-0.3, -0.25) is 0 Å². The Morgan fingerprint density at radius 2 is 2.21 bits per heavy atom. The van der Waals surface area contributed by atoms with Crippen LogP contribution in [0.25, 0.3) is 6.08 Å². The van der Waals surface area contributed by atoms with Crippen LogP contribution in [0.15, 0.2) is 24.3 Å². The number of benzene rings is 1. The van der Waals surface area contributed by atoms with Crippen LogP contribution in [-0.4, -0.2) is 18.2 Å². The van der Waals surface area contributed by atoms with Gasteiger partial charge in [0.2, 0.25) is 0 Å². The normalized spacial score (nSPS) is 10.4. The average Bonchev–Trinajstić information content (AvgIpc) is 2.19. The Morgan fingerprint density at radius 1 is 1.50 bits per heavy atom. The Labute approximate surface area is 82.6 Å². The lowest BCUT2D eigenvalue weighted by Gasteiger charge is -1.99. The summed E-state index contributed by atoms with van der Waals surface area (Å²) in [6, 6.07) is 5.19. The van der Waals surface area contributed by atoms with E-state index in [0.29, 0.717) is 0 Å². The zero-order valence-electron chi connectivity index (χ0n) is 8.15. The van der Waals surface area contributed by atoms with Gasteiger partial charge < -0.3 is 9.84 Å². The second kappa shape index (κ2) is 4.46. The van der Waals surface area contributed by atoms with Gasteiger partial charge in [0, 0.05) is 6.08 Å². The lowest BCUT2D eigenvalue weighted by Crippen LogP contribution is -1.93. The van der Waals surface area contributed by atoms with Gasteiger partial charge in [0.1, 0.15) is 5.75 Å². The zero-order valence-corrected chi connectivity index (χ0v) is 8.15. The molecule has 0 bridgehead atoms. The van der Waals surface area contributed by atoms with Crippen LogP contribution >= 0.6 is 0 Å². The Morgan fingerprint density at radius 3 is 2.79 bits per heavy atom. The second-order valence-corrected chi connectivity index (χ2v) is 2.90. The molecule has 3 nitrogen and oxygen atoms in total. The molecule has 0 radical (unpaired) electrons. The lowest BCUT2D eigenvalue weighted by molar-refractivity contribution is -0.134. The summed E-state index contributed by atoms with van der Waals surface area (Å²) in [5, 5.41) is 9.37. The molecule has 3 heteroatoms. The topological polar surface area (TPSA) is 46.5 Å². The second-order valence-electron chi connectivity index (χ2n) is 2.90. The van der Waals surface area contributed by atoms with Gasteiger partial charge in [-0.1, -0.05) is 12.1 Å². The van der Waals surface area contributed by atoms with E-state index >= 15 is 0 Å². The van der Waals surface area contributed by atoms with Crippen LogP contribution in [0.4, 0.5) is 0 Å². The van der Waals surface area contributed by atoms with Crippen LogP contribution in [-0.2, 0) is 9.53 Å². The van der Waals surface area contributed by atoms with E-state index in [4.69, 9.17) is 0 Å². The number of hydrogen-bond donors (Lipinski definition) is 1. The van der Waals surface area contributed by atoms with Crippen LogP contribution in [0, 0.1) is 6.92 Å². The maximum atomic E-state index is 10.8. The number of phenols is 1. The van der Waals surface area contributed by atoms with Crippen molar-refractivity contribution in [3.05, 3.63) is 35.4 Å². The number of hydrogen-bond acceptors (Lipinski definition) is 3. The van der Waals surface area contributed by atoms with Crippen LogP contribution in [0.1, 0.15) is 11.1 Å². The van der Waals surface area contributed by atoms with Crippen molar-refractivity contribution in [2.45, 2.75) is 6.92 Å². The lowest BCUT2D eigenvalue weighted by atomic mass is 10.1. The number of ether oxygens (including phenoxy) is 1. The van der Waals surface area contributed by atoms with Gasteiger partial charge in [0.05, 0.1) is 7.11 Å². The fourth-order valence-corrected chi connectivity index (χ4v) is 0.962. The van der Waals surface area contributed by atoms with Crippen LogP contribution < -0.4 is 0 Å². The smallest absolute Gasteiger partial charge is 0.330 e. The number of carbonyl (C=O) groups is 1. The summed E-state index contributed by atoms with van der Waals surface area (Å²) in [6.07, 6.45) is 2.90. The fraction of sp³-hybridized carbons (Fsp3) is 0.182. The highest BCUT2D eigenvalue weighted by Gasteiger charge is 1.96. The molecule has 0 saturated carbocycles. The highest BCUT2D eigenvalue weighted by molar-refractivity contribution is 5.86. The van der Waals surface area contributed by atoms with Crippen molar-refractivity contribution in [1.82, 2.24) is 0 Å². The minimum atomic E-state index is -0.412. The minimum absolute atomic E-state index is 0.219. The molecule has 0 fully saturated rings. The Hall–Kier alpha value is -1.77. The molecule has 74 valence electrons. The third-order valence-electron chi connectivity index (χ3n) is 1.85. The molecule has 1 N–H and O–H groups in total. The van der Waals surface area contributed by atoms with Gasteiger partial charge in [-0.25, -0.2) is 4.79 Å². The van der Waals surface area contributed by atoms with Gasteiger partial charge in [-0.2, -0.15) is 0 Å². The molecule has 0 aliphatic carbocycles. The van der Waals surface area contributed by atoms with Crippen molar-refractivity contribution in [2.24, 2.45) is 0 Å². The van der Waals surface area contributed by atoms with Gasteiger partial charge in [-0.15, -0.1) is 0 Å². The van der Waals surface area contributed by atoms with Gasteiger partial charge >= 0.3 is 5.97 Å². The van der Waals surface area contributed by atoms with E-state index in [1.807, 2.05) is 13.0 Å². The van der Waals surface area contributed by atoms with E-state index in [1.54, 1.807) is 18.2 Å². The van der Waals surface area contributed by atoms with Gasteiger partial charge in [-0.05, 0) is 30.2 Å². The maximum Gasteiger partial charge on any atom is 0.330 e. The fourth-order valence-electron chi connectivity index (χ4n) is 0.962. The number of carbonyl (C=O) groups excluding carboxylic acids is 1. The molecule has 0 spiro atoms. The first-order valence-electron chi connectivity index (χ1n) is 4.19. The molecule has 0 aromatic heterocycles. The number of methoxy groups -OCH3 is 1. The van der Waals surface area contributed by atoms with E-state index in [9.17, 15) is 9.90 Å². The summed E-state index contributed by atoms with van der Waals surface area (Å²) in [7, 11) is 1.32. The molecule has 1 aromatic carbocycles. The largest absolute Gasteiger partial charge is 0.508 e. The average molecular weight is 192 g/mol. The number of phenolic OH excluding ortho intramolecular Hbond substituents is 1. The molecule has 0 saturated heterocycles. The van der Waals surface area contributed by atoms with E-state index < -0.39 is 5.97 Å². The minimum Gasteiger partial charge on any atom is -0.508 e. The third kappa shape index (κ3) is 2.62. The Kier molecular flexibility index (Phi) is 3.29. The SMILES string of the molecule is COC(=O)/C=C/c1ccc(C)c(O)c1. The highest BCUT2D eigenvalue weighted by atomic mass is 16.5. The Bertz CT molecular complexity index is 367. The van der Waals surface area contributed by atoms with Crippen molar-refractivity contribution in [2.75, 3.05) is 7.11 Å². The monoisotopic (exact) mass is 192 g/mol. The molecule has 0 unspecified atom stereocenters. The maximum absolute atomic E-state index is 10.8. The molecule has 0 atom stereocenters. The first-order valence-corrected chi connectivity index (χ1v) is 4.19. The molecule has 1 rings (SSSR count). The first-order chi connectivity index (χ1) is 6.63. The predicted molar refractivity (Wildman–Crippen MR) is 53.9 cm³/mol. The zero-order chi connectivity index (χ0) is 10.6. The summed E-state index contributed by atoms with van der Waals surface area (Å²) in [5.74, 6) is -0.193.